The average molecular weight is 526 g/mol. The lowest BCUT2D eigenvalue weighted by molar-refractivity contribution is 0.101. The van der Waals surface area contributed by atoms with Crippen LogP contribution in [0.15, 0.2) is 24.4 Å². The summed E-state index contributed by atoms with van der Waals surface area (Å²) in [4.78, 5) is 22.2. The van der Waals surface area contributed by atoms with Gasteiger partial charge < -0.3 is 20.7 Å². The average Bonchev–Trinajstić information content (AvgIpc) is 3.55. The van der Waals surface area contributed by atoms with Crippen LogP contribution in [-0.4, -0.2) is 61.3 Å². The van der Waals surface area contributed by atoms with Gasteiger partial charge in [0.05, 0.1) is 11.9 Å². The Morgan fingerprint density at radius 2 is 1.89 bits per heavy atom. The minimum Gasteiger partial charge on any atom is -0.381 e. The van der Waals surface area contributed by atoms with Crippen molar-refractivity contribution in [3.05, 3.63) is 47.3 Å². The quantitative estimate of drug-likeness (QED) is 0.265. The van der Waals surface area contributed by atoms with Gasteiger partial charge in [-0.25, -0.2) is 8.78 Å². The van der Waals surface area contributed by atoms with E-state index in [1.807, 2.05) is 0 Å². The van der Waals surface area contributed by atoms with Gasteiger partial charge in [-0.3, -0.25) is 14.7 Å². The molecule has 1 aliphatic heterocycles. The Hall–Kier alpha value is -2.69. The largest absolute Gasteiger partial charge is 0.381 e. The zero-order chi connectivity index (χ0) is 28.1. The molecule has 4 N–H and O–H groups in total. The Kier molecular flexibility index (Phi) is 19.8. The summed E-state index contributed by atoms with van der Waals surface area (Å²) in [5.74, 6) is -2.13. The third kappa shape index (κ3) is 15.2. The number of hydrogen-bond acceptors (Lipinski definition) is 6. The predicted octanol–water partition coefficient (Wildman–Crippen LogP) is 5.20. The number of amides is 1. The second-order valence-electron chi connectivity index (χ2n) is 8.56. The van der Waals surface area contributed by atoms with E-state index in [2.05, 4.69) is 67.7 Å². The van der Waals surface area contributed by atoms with Crippen molar-refractivity contribution in [1.29, 1.82) is 0 Å². The molecule has 8 nitrogen and oxygen atoms in total. The molecule has 2 unspecified atom stereocenters. The number of halogens is 2. The Bertz CT molecular complexity index is 849. The standard InChI is InChI=1S/C11H7F2N3O2.C6H15N.C5H13N.C5H10O/c12-6-2-1-3-7(13)10(6)11(18)15-8-4-14-16-9(8)5-17;1-4-6(3)7-5-2;1-3-5-6-4-2;1-5-2-3-6-4-5/h1-5H,(H,14,16)(H,15,18);6-7H,4-5H2,1-3H3;6H,3-5H2,1-2H3;5H,2-4H2,1H3. The minimum atomic E-state index is -0.991. The molecule has 1 amide bonds. The van der Waals surface area contributed by atoms with Crippen LogP contribution in [0.2, 0.25) is 0 Å². The molecule has 37 heavy (non-hydrogen) atoms. The number of nitrogens with one attached hydrogen (secondary N) is 4. The lowest BCUT2D eigenvalue weighted by Crippen LogP contribution is -2.24. The Labute approximate surface area is 220 Å². The maximum absolute atomic E-state index is 13.3. The zero-order valence-electron chi connectivity index (χ0n) is 23.1. The highest BCUT2D eigenvalue weighted by molar-refractivity contribution is 6.06. The van der Waals surface area contributed by atoms with Crippen LogP contribution in [0.3, 0.4) is 0 Å². The normalized spacial score (nSPS) is 14.6. The lowest BCUT2D eigenvalue weighted by Gasteiger charge is -2.06. The predicted molar refractivity (Wildman–Crippen MR) is 145 cm³/mol. The van der Waals surface area contributed by atoms with E-state index in [9.17, 15) is 18.4 Å². The number of carbonyl (C=O) groups is 2. The fraction of sp³-hybridized carbons (Fsp3) is 0.593. The monoisotopic (exact) mass is 525 g/mol. The van der Waals surface area contributed by atoms with Crippen LogP contribution in [-0.2, 0) is 4.74 Å². The first-order valence-corrected chi connectivity index (χ1v) is 13.0. The SMILES string of the molecule is CC1CCOC1.CCCNCC.CCNC(C)CC.O=Cc1[nH]ncc1NC(=O)c1c(F)cccc1F. The molecule has 1 aliphatic rings. The van der Waals surface area contributed by atoms with E-state index in [-0.39, 0.29) is 11.4 Å². The summed E-state index contributed by atoms with van der Waals surface area (Å²) in [5, 5.41) is 14.5. The summed E-state index contributed by atoms with van der Waals surface area (Å²) in [7, 11) is 0. The van der Waals surface area contributed by atoms with Crippen molar-refractivity contribution in [1.82, 2.24) is 20.8 Å². The molecule has 0 bridgehead atoms. The fourth-order valence-electron chi connectivity index (χ4n) is 2.88. The van der Waals surface area contributed by atoms with Gasteiger partial charge in [-0.1, -0.05) is 40.7 Å². The number of aldehydes is 1. The Balaban J connectivity index is 0.000000560. The van der Waals surface area contributed by atoms with Crippen molar-refractivity contribution in [2.45, 2.75) is 66.8 Å². The maximum atomic E-state index is 13.3. The van der Waals surface area contributed by atoms with Crippen molar-refractivity contribution in [3.63, 3.8) is 0 Å². The second-order valence-corrected chi connectivity index (χ2v) is 8.56. The molecular formula is C27H45F2N5O3. The van der Waals surface area contributed by atoms with Gasteiger partial charge in [0.15, 0.2) is 6.29 Å². The highest BCUT2D eigenvalue weighted by Crippen LogP contribution is 2.16. The van der Waals surface area contributed by atoms with Crippen molar-refractivity contribution < 1.29 is 23.1 Å². The number of ether oxygens (including phenoxy) is 1. The highest BCUT2D eigenvalue weighted by Gasteiger charge is 2.18. The Morgan fingerprint density at radius 3 is 2.27 bits per heavy atom. The molecule has 0 saturated carbocycles. The molecule has 10 heteroatoms. The molecule has 3 rings (SSSR count). The van der Waals surface area contributed by atoms with Crippen molar-refractivity contribution in [2.75, 3.05) is 38.2 Å². The first kappa shape index (κ1) is 34.3. The number of rotatable bonds is 9. The van der Waals surface area contributed by atoms with Gasteiger partial charge in [0.2, 0.25) is 0 Å². The topological polar surface area (TPSA) is 108 Å². The van der Waals surface area contributed by atoms with E-state index >= 15 is 0 Å². The third-order valence-corrected chi connectivity index (χ3v) is 5.22. The number of H-pyrrole nitrogens is 1. The summed E-state index contributed by atoms with van der Waals surface area (Å²) in [5.41, 5.74) is -0.645. The molecule has 0 aliphatic carbocycles. The summed E-state index contributed by atoms with van der Waals surface area (Å²) >= 11 is 0. The fourth-order valence-corrected chi connectivity index (χ4v) is 2.88. The molecule has 2 atom stereocenters. The molecule has 1 saturated heterocycles. The van der Waals surface area contributed by atoms with Crippen LogP contribution in [0.25, 0.3) is 0 Å². The number of anilines is 1. The molecule has 1 aromatic carbocycles. The van der Waals surface area contributed by atoms with Crippen molar-refractivity contribution in [2.24, 2.45) is 5.92 Å². The summed E-state index contributed by atoms with van der Waals surface area (Å²) in [6.07, 6.45) is 5.34. The van der Waals surface area contributed by atoms with E-state index < -0.39 is 23.1 Å². The smallest absolute Gasteiger partial charge is 0.261 e. The van der Waals surface area contributed by atoms with E-state index in [0.29, 0.717) is 12.3 Å². The lowest BCUT2D eigenvalue weighted by atomic mass is 10.2. The highest BCUT2D eigenvalue weighted by atomic mass is 19.1. The van der Waals surface area contributed by atoms with Gasteiger partial charge >= 0.3 is 0 Å². The first-order valence-electron chi connectivity index (χ1n) is 13.0. The minimum absolute atomic E-state index is 0.0140. The van der Waals surface area contributed by atoms with Gasteiger partial charge in [0, 0.05) is 19.3 Å². The molecule has 0 spiro atoms. The van der Waals surface area contributed by atoms with Crippen LogP contribution in [0.4, 0.5) is 14.5 Å². The molecule has 210 valence electrons. The summed E-state index contributed by atoms with van der Waals surface area (Å²) in [6, 6.07) is 3.78. The number of carbonyl (C=O) groups excluding carboxylic acids is 2. The third-order valence-electron chi connectivity index (χ3n) is 5.22. The summed E-state index contributed by atoms with van der Waals surface area (Å²) < 4.78 is 31.7. The van der Waals surface area contributed by atoms with Crippen molar-refractivity contribution >= 4 is 17.9 Å². The molecule has 1 fully saturated rings. The van der Waals surface area contributed by atoms with Crippen LogP contribution < -0.4 is 16.0 Å². The van der Waals surface area contributed by atoms with Crippen LogP contribution in [0.5, 0.6) is 0 Å². The molecule has 2 aromatic rings. The van der Waals surface area contributed by atoms with E-state index in [1.165, 1.54) is 25.5 Å². The van der Waals surface area contributed by atoms with Gasteiger partial charge in [0.25, 0.3) is 5.91 Å². The number of hydrogen-bond donors (Lipinski definition) is 4. The van der Waals surface area contributed by atoms with Gasteiger partial charge in [-0.2, -0.15) is 5.10 Å². The number of aromatic nitrogens is 2. The molecular weight excluding hydrogens is 480 g/mol. The van der Waals surface area contributed by atoms with Crippen molar-refractivity contribution in [3.8, 4) is 0 Å². The van der Waals surface area contributed by atoms with Gasteiger partial charge in [-0.05, 0) is 63.9 Å². The zero-order valence-corrected chi connectivity index (χ0v) is 23.1. The van der Waals surface area contributed by atoms with Crippen LogP contribution in [0.1, 0.15) is 81.7 Å². The maximum Gasteiger partial charge on any atom is 0.261 e. The number of benzene rings is 1. The van der Waals surface area contributed by atoms with E-state index in [0.717, 1.165) is 57.0 Å². The molecule has 1 aromatic heterocycles. The van der Waals surface area contributed by atoms with Gasteiger partial charge in [0.1, 0.15) is 22.9 Å². The number of aromatic amines is 1. The molecule has 0 radical (unpaired) electrons. The second kappa shape index (κ2) is 21.4. The van der Waals surface area contributed by atoms with Gasteiger partial charge in [-0.15, -0.1) is 0 Å². The van der Waals surface area contributed by atoms with E-state index in [4.69, 9.17) is 4.74 Å². The first-order chi connectivity index (χ1) is 17.7. The van der Waals surface area contributed by atoms with E-state index in [1.54, 1.807) is 0 Å². The van der Waals surface area contributed by atoms with Crippen LogP contribution >= 0.6 is 0 Å². The van der Waals surface area contributed by atoms with Crippen LogP contribution in [0, 0.1) is 17.6 Å². The molecule has 2 heterocycles. The Morgan fingerprint density at radius 1 is 1.22 bits per heavy atom. The number of nitrogens with zero attached hydrogens (tertiary/aromatic N) is 1. The summed E-state index contributed by atoms with van der Waals surface area (Å²) in [6.45, 7) is 18.4.